The lowest BCUT2D eigenvalue weighted by molar-refractivity contribution is -0.131. The second-order valence-electron chi connectivity index (χ2n) is 4.17. The van der Waals surface area contributed by atoms with Crippen molar-refractivity contribution in [1.29, 1.82) is 0 Å². The van der Waals surface area contributed by atoms with E-state index in [2.05, 4.69) is 25.8 Å². The molecular formula is C9H12N8O. The van der Waals surface area contributed by atoms with Gasteiger partial charge in [-0.2, -0.15) is 0 Å². The summed E-state index contributed by atoms with van der Waals surface area (Å²) >= 11 is 0. The van der Waals surface area contributed by atoms with Crippen molar-refractivity contribution in [3.8, 4) is 0 Å². The third kappa shape index (κ3) is 2.06. The van der Waals surface area contributed by atoms with Crippen LogP contribution in [0.2, 0.25) is 0 Å². The highest BCUT2D eigenvalue weighted by Gasteiger charge is 2.27. The van der Waals surface area contributed by atoms with E-state index in [1.54, 1.807) is 15.8 Å². The lowest BCUT2D eigenvalue weighted by atomic mass is 10.3. The highest BCUT2D eigenvalue weighted by Crippen LogP contribution is 2.20. The standard InChI is InChI=1S/C9H12N8O/c18-9(6-16-7-11-12-14-16)15-3-1-8(5-15)17-4-2-10-13-17/h2,4,7-8H,1,3,5-6H2. The van der Waals surface area contributed by atoms with Crippen LogP contribution >= 0.6 is 0 Å². The normalized spacial score (nSPS) is 19.3. The lowest BCUT2D eigenvalue weighted by Crippen LogP contribution is -2.32. The zero-order chi connectivity index (χ0) is 12.4. The number of hydrogen-bond donors (Lipinski definition) is 0. The Labute approximate surface area is 102 Å². The number of carbonyl (C=O) groups is 1. The number of tetrazole rings is 1. The number of rotatable bonds is 3. The molecule has 0 bridgehead atoms. The van der Waals surface area contributed by atoms with Crippen LogP contribution in [0.15, 0.2) is 18.7 Å². The maximum atomic E-state index is 12.0. The van der Waals surface area contributed by atoms with Gasteiger partial charge in [-0.3, -0.25) is 4.79 Å². The zero-order valence-corrected chi connectivity index (χ0v) is 9.62. The van der Waals surface area contributed by atoms with Crippen molar-refractivity contribution in [3.63, 3.8) is 0 Å². The van der Waals surface area contributed by atoms with Crippen LogP contribution in [-0.4, -0.2) is 59.1 Å². The minimum absolute atomic E-state index is 0.0184. The van der Waals surface area contributed by atoms with E-state index in [0.29, 0.717) is 6.54 Å². The van der Waals surface area contributed by atoms with Gasteiger partial charge in [0.25, 0.3) is 0 Å². The van der Waals surface area contributed by atoms with E-state index in [1.165, 1.54) is 11.0 Å². The van der Waals surface area contributed by atoms with Crippen LogP contribution in [0.5, 0.6) is 0 Å². The fourth-order valence-corrected chi connectivity index (χ4v) is 2.09. The van der Waals surface area contributed by atoms with E-state index in [4.69, 9.17) is 0 Å². The summed E-state index contributed by atoms with van der Waals surface area (Å²) in [6, 6.07) is 0.213. The van der Waals surface area contributed by atoms with Crippen molar-refractivity contribution in [3.05, 3.63) is 18.7 Å². The predicted molar refractivity (Wildman–Crippen MR) is 58.1 cm³/mol. The smallest absolute Gasteiger partial charge is 0.244 e. The van der Waals surface area contributed by atoms with Gasteiger partial charge >= 0.3 is 0 Å². The molecule has 0 saturated carbocycles. The van der Waals surface area contributed by atoms with Gasteiger partial charge in [-0.1, -0.05) is 5.21 Å². The second kappa shape index (κ2) is 4.51. The molecule has 0 radical (unpaired) electrons. The molecule has 18 heavy (non-hydrogen) atoms. The summed E-state index contributed by atoms with van der Waals surface area (Å²) in [6.45, 7) is 1.56. The van der Waals surface area contributed by atoms with E-state index in [0.717, 1.165) is 13.0 Å². The van der Waals surface area contributed by atoms with Gasteiger partial charge in [0.05, 0.1) is 12.2 Å². The number of hydrogen-bond acceptors (Lipinski definition) is 6. The quantitative estimate of drug-likeness (QED) is 0.672. The Morgan fingerprint density at radius 2 is 2.28 bits per heavy atom. The van der Waals surface area contributed by atoms with Crippen LogP contribution in [0, 0.1) is 0 Å². The zero-order valence-electron chi connectivity index (χ0n) is 9.62. The molecule has 1 fully saturated rings. The number of nitrogens with zero attached hydrogens (tertiary/aromatic N) is 8. The molecule has 9 heteroatoms. The van der Waals surface area contributed by atoms with E-state index in [-0.39, 0.29) is 18.5 Å². The van der Waals surface area contributed by atoms with Gasteiger partial charge in [-0.05, 0) is 16.8 Å². The van der Waals surface area contributed by atoms with Crippen molar-refractivity contribution >= 4 is 5.91 Å². The van der Waals surface area contributed by atoms with Gasteiger partial charge < -0.3 is 4.90 Å². The Morgan fingerprint density at radius 1 is 1.33 bits per heavy atom. The van der Waals surface area contributed by atoms with E-state index >= 15 is 0 Å². The number of amides is 1. The minimum atomic E-state index is 0.0184. The van der Waals surface area contributed by atoms with Crippen LogP contribution in [0.4, 0.5) is 0 Å². The van der Waals surface area contributed by atoms with Gasteiger partial charge in [-0.15, -0.1) is 10.2 Å². The van der Waals surface area contributed by atoms with Gasteiger partial charge in [0.1, 0.15) is 12.9 Å². The number of carbonyl (C=O) groups excluding carboxylic acids is 1. The summed E-state index contributed by atoms with van der Waals surface area (Å²) in [7, 11) is 0. The second-order valence-corrected chi connectivity index (χ2v) is 4.17. The molecule has 2 aromatic heterocycles. The summed E-state index contributed by atoms with van der Waals surface area (Å²) in [5.41, 5.74) is 0. The summed E-state index contributed by atoms with van der Waals surface area (Å²) in [5.74, 6) is 0.0184. The molecule has 1 atom stereocenters. The summed E-state index contributed by atoms with van der Waals surface area (Å²) in [6.07, 6.45) is 5.79. The van der Waals surface area contributed by atoms with Gasteiger partial charge in [-0.25, -0.2) is 9.36 Å². The predicted octanol–water partition coefficient (Wildman–Crippen LogP) is -1.26. The molecule has 3 heterocycles. The third-order valence-corrected chi connectivity index (χ3v) is 3.02. The molecular weight excluding hydrogens is 236 g/mol. The van der Waals surface area contributed by atoms with Crippen molar-refractivity contribution < 1.29 is 4.79 Å². The van der Waals surface area contributed by atoms with E-state index < -0.39 is 0 Å². The molecule has 1 unspecified atom stereocenters. The topological polar surface area (TPSA) is 94.6 Å². The molecule has 0 aromatic carbocycles. The first-order valence-electron chi connectivity index (χ1n) is 5.67. The molecule has 0 N–H and O–H groups in total. The van der Waals surface area contributed by atoms with Gasteiger partial charge in [0.15, 0.2) is 0 Å². The van der Waals surface area contributed by atoms with Gasteiger partial charge in [0, 0.05) is 19.3 Å². The molecule has 0 aliphatic carbocycles. The van der Waals surface area contributed by atoms with Crippen LogP contribution in [0.1, 0.15) is 12.5 Å². The molecule has 1 aliphatic heterocycles. The Bertz CT molecular complexity index is 507. The summed E-state index contributed by atoms with van der Waals surface area (Å²) in [5, 5.41) is 18.4. The van der Waals surface area contributed by atoms with Crippen LogP contribution < -0.4 is 0 Å². The van der Waals surface area contributed by atoms with E-state index in [9.17, 15) is 4.79 Å². The third-order valence-electron chi connectivity index (χ3n) is 3.02. The van der Waals surface area contributed by atoms with Crippen molar-refractivity contribution in [2.45, 2.75) is 19.0 Å². The molecule has 1 aliphatic rings. The lowest BCUT2D eigenvalue weighted by Gasteiger charge is -2.15. The molecule has 3 rings (SSSR count). The highest BCUT2D eigenvalue weighted by atomic mass is 16.2. The van der Waals surface area contributed by atoms with Crippen LogP contribution in [0.3, 0.4) is 0 Å². The fourth-order valence-electron chi connectivity index (χ4n) is 2.09. The van der Waals surface area contributed by atoms with Crippen LogP contribution in [0.25, 0.3) is 0 Å². The fraction of sp³-hybridized carbons (Fsp3) is 0.556. The molecule has 0 spiro atoms. The molecule has 94 valence electrons. The Hall–Kier alpha value is -2.32. The average Bonchev–Trinajstić information content (AvgIpc) is 3.11. The monoisotopic (exact) mass is 248 g/mol. The van der Waals surface area contributed by atoms with E-state index in [1.807, 2.05) is 6.20 Å². The first kappa shape index (κ1) is 10.8. The maximum Gasteiger partial charge on any atom is 0.244 e. The first-order valence-corrected chi connectivity index (χ1v) is 5.67. The maximum absolute atomic E-state index is 12.0. The Morgan fingerprint density at radius 3 is 3.00 bits per heavy atom. The average molecular weight is 248 g/mol. The number of aromatic nitrogens is 7. The molecule has 1 amide bonds. The molecule has 9 nitrogen and oxygen atoms in total. The molecule has 1 saturated heterocycles. The van der Waals surface area contributed by atoms with Crippen molar-refractivity contribution in [2.24, 2.45) is 0 Å². The highest BCUT2D eigenvalue weighted by molar-refractivity contribution is 5.76. The Kier molecular flexibility index (Phi) is 2.71. The largest absolute Gasteiger partial charge is 0.339 e. The summed E-state index contributed by atoms with van der Waals surface area (Å²) < 4.78 is 3.22. The van der Waals surface area contributed by atoms with Crippen molar-refractivity contribution in [1.82, 2.24) is 40.1 Å². The van der Waals surface area contributed by atoms with Crippen LogP contribution in [-0.2, 0) is 11.3 Å². The molecule has 2 aromatic rings. The van der Waals surface area contributed by atoms with Crippen molar-refractivity contribution in [2.75, 3.05) is 13.1 Å². The Balaban J connectivity index is 1.60. The SMILES string of the molecule is O=C(Cn1cnnn1)N1CCC(n2ccnn2)C1. The first-order chi connectivity index (χ1) is 8.83. The number of likely N-dealkylation sites (tertiary alicyclic amines) is 1. The summed E-state index contributed by atoms with van der Waals surface area (Å²) in [4.78, 5) is 13.8. The minimum Gasteiger partial charge on any atom is -0.339 e. The van der Waals surface area contributed by atoms with Gasteiger partial charge in [0.2, 0.25) is 5.91 Å².